The number of carbonyl (C=O) groups is 1. The molecule has 5 rings (SSSR count). The predicted octanol–water partition coefficient (Wildman–Crippen LogP) is 2.18. The first-order valence-corrected chi connectivity index (χ1v) is 9.58. The first kappa shape index (κ1) is 18.1. The highest BCUT2D eigenvalue weighted by Crippen LogP contribution is 2.22. The summed E-state index contributed by atoms with van der Waals surface area (Å²) in [5.41, 5.74) is 1.19. The number of hydrogen-bond acceptors (Lipinski definition) is 8. The molecule has 0 aliphatic carbocycles. The molecule has 1 amide bonds. The van der Waals surface area contributed by atoms with Gasteiger partial charge in [0.2, 0.25) is 5.76 Å². The third-order valence-electron chi connectivity index (χ3n) is 4.98. The molecular weight excluding hydrogens is 386 g/mol. The summed E-state index contributed by atoms with van der Waals surface area (Å²) in [7, 11) is 0. The molecule has 0 N–H and O–H groups in total. The molecule has 1 aliphatic heterocycles. The van der Waals surface area contributed by atoms with E-state index in [9.17, 15) is 4.79 Å². The Balaban J connectivity index is 1.21. The third-order valence-corrected chi connectivity index (χ3v) is 4.98. The van der Waals surface area contributed by atoms with Crippen LogP contribution in [0.1, 0.15) is 16.2 Å². The standard InChI is InChI=1S/C20H19N7O3/c1-14-6-7-27(23-14)19-5-4-18(21-22-19)25-8-10-26(11-9-25)20(28)15-13-17(30-24-15)16-3-2-12-29-16/h2-7,12-13H,8-11H2,1H3. The van der Waals surface area contributed by atoms with Gasteiger partial charge in [-0.15, -0.1) is 10.2 Å². The van der Waals surface area contributed by atoms with Crippen LogP contribution in [0.25, 0.3) is 17.3 Å². The summed E-state index contributed by atoms with van der Waals surface area (Å²) in [5.74, 6) is 2.26. The Labute approximate surface area is 171 Å². The van der Waals surface area contributed by atoms with Crippen LogP contribution in [-0.2, 0) is 0 Å². The highest BCUT2D eigenvalue weighted by atomic mass is 16.5. The molecule has 152 valence electrons. The van der Waals surface area contributed by atoms with Crippen LogP contribution in [0.3, 0.4) is 0 Å². The van der Waals surface area contributed by atoms with E-state index in [-0.39, 0.29) is 11.6 Å². The number of carbonyl (C=O) groups excluding carboxylic acids is 1. The van der Waals surface area contributed by atoms with E-state index in [1.165, 1.54) is 0 Å². The van der Waals surface area contributed by atoms with Crippen molar-refractivity contribution >= 4 is 11.7 Å². The largest absolute Gasteiger partial charge is 0.461 e. The van der Waals surface area contributed by atoms with Gasteiger partial charge in [0.25, 0.3) is 5.91 Å². The molecule has 0 bridgehead atoms. The van der Waals surface area contributed by atoms with Crippen LogP contribution in [0.2, 0.25) is 0 Å². The fourth-order valence-corrected chi connectivity index (χ4v) is 3.36. The van der Waals surface area contributed by atoms with E-state index >= 15 is 0 Å². The molecule has 10 nitrogen and oxygen atoms in total. The number of aromatic nitrogens is 5. The van der Waals surface area contributed by atoms with Crippen LogP contribution in [-0.4, -0.2) is 62.1 Å². The summed E-state index contributed by atoms with van der Waals surface area (Å²) < 4.78 is 12.2. The van der Waals surface area contributed by atoms with Crippen molar-refractivity contribution in [1.82, 2.24) is 30.0 Å². The molecule has 0 spiro atoms. The minimum Gasteiger partial charge on any atom is -0.461 e. The lowest BCUT2D eigenvalue weighted by Gasteiger charge is -2.34. The summed E-state index contributed by atoms with van der Waals surface area (Å²) in [5, 5.41) is 16.8. The molecule has 0 aromatic carbocycles. The zero-order valence-electron chi connectivity index (χ0n) is 16.3. The van der Waals surface area contributed by atoms with Gasteiger partial charge in [-0.25, -0.2) is 4.68 Å². The van der Waals surface area contributed by atoms with Crippen molar-refractivity contribution in [3.05, 3.63) is 60.2 Å². The molecular formula is C20H19N7O3. The Morgan fingerprint density at radius 2 is 1.80 bits per heavy atom. The molecule has 10 heteroatoms. The number of amides is 1. The number of hydrogen-bond donors (Lipinski definition) is 0. The molecule has 1 saturated heterocycles. The van der Waals surface area contributed by atoms with Crippen molar-refractivity contribution < 1.29 is 13.7 Å². The molecule has 0 saturated carbocycles. The normalized spacial score (nSPS) is 14.3. The Morgan fingerprint density at radius 3 is 2.47 bits per heavy atom. The van der Waals surface area contributed by atoms with Crippen molar-refractivity contribution in [1.29, 1.82) is 0 Å². The van der Waals surface area contributed by atoms with Gasteiger partial charge >= 0.3 is 0 Å². The number of rotatable bonds is 4. The van der Waals surface area contributed by atoms with Crippen molar-refractivity contribution in [3.8, 4) is 17.3 Å². The fraction of sp³-hybridized carbons (Fsp3) is 0.250. The van der Waals surface area contributed by atoms with E-state index in [1.807, 2.05) is 31.3 Å². The third kappa shape index (κ3) is 3.43. The Bertz CT molecular complexity index is 1140. The van der Waals surface area contributed by atoms with E-state index in [2.05, 4.69) is 25.4 Å². The first-order valence-electron chi connectivity index (χ1n) is 9.58. The molecule has 1 fully saturated rings. The van der Waals surface area contributed by atoms with Crippen molar-refractivity contribution in [2.45, 2.75) is 6.92 Å². The molecule has 1 aliphatic rings. The lowest BCUT2D eigenvalue weighted by molar-refractivity contribution is 0.0736. The average Bonchev–Trinajstić information content (AvgIpc) is 3.55. The Kier molecular flexibility index (Phi) is 4.51. The van der Waals surface area contributed by atoms with Crippen molar-refractivity contribution in [2.24, 2.45) is 0 Å². The van der Waals surface area contributed by atoms with Crippen LogP contribution >= 0.6 is 0 Å². The second kappa shape index (κ2) is 7.47. The smallest absolute Gasteiger partial charge is 0.276 e. The Hall–Kier alpha value is -3.95. The van der Waals surface area contributed by atoms with Gasteiger partial charge in [-0.05, 0) is 37.3 Å². The molecule has 0 atom stereocenters. The van der Waals surface area contributed by atoms with Crippen molar-refractivity contribution in [3.63, 3.8) is 0 Å². The minimum atomic E-state index is -0.160. The van der Waals surface area contributed by atoms with Gasteiger partial charge < -0.3 is 18.7 Å². The fourth-order valence-electron chi connectivity index (χ4n) is 3.36. The van der Waals surface area contributed by atoms with E-state index in [0.717, 1.165) is 11.5 Å². The number of furan rings is 1. The zero-order valence-corrected chi connectivity index (χ0v) is 16.3. The summed E-state index contributed by atoms with van der Waals surface area (Å²) >= 11 is 0. The second-order valence-corrected chi connectivity index (χ2v) is 6.98. The summed E-state index contributed by atoms with van der Waals surface area (Å²) in [6.07, 6.45) is 3.40. The predicted molar refractivity (Wildman–Crippen MR) is 106 cm³/mol. The highest BCUT2D eigenvalue weighted by molar-refractivity contribution is 5.93. The first-order chi connectivity index (χ1) is 14.7. The zero-order chi connectivity index (χ0) is 20.5. The van der Waals surface area contributed by atoms with Crippen LogP contribution in [0.5, 0.6) is 0 Å². The van der Waals surface area contributed by atoms with Crippen LogP contribution < -0.4 is 4.90 Å². The molecule has 5 heterocycles. The van der Waals surface area contributed by atoms with Crippen LogP contribution in [0.4, 0.5) is 5.82 Å². The molecule has 0 unspecified atom stereocenters. The van der Waals surface area contributed by atoms with Gasteiger partial charge in [0.15, 0.2) is 23.1 Å². The van der Waals surface area contributed by atoms with E-state index in [4.69, 9.17) is 8.94 Å². The SMILES string of the molecule is Cc1ccn(-c2ccc(N3CCN(C(=O)c4cc(-c5ccco5)on4)CC3)nn2)n1. The van der Waals surface area contributed by atoms with Crippen LogP contribution in [0, 0.1) is 6.92 Å². The maximum atomic E-state index is 12.7. The quantitative estimate of drug-likeness (QED) is 0.509. The van der Waals surface area contributed by atoms with Crippen molar-refractivity contribution in [2.75, 3.05) is 31.1 Å². The molecule has 4 aromatic rings. The maximum absolute atomic E-state index is 12.7. The van der Waals surface area contributed by atoms with Gasteiger partial charge in [-0.1, -0.05) is 5.16 Å². The number of nitrogens with zero attached hydrogens (tertiary/aromatic N) is 7. The second-order valence-electron chi connectivity index (χ2n) is 6.98. The Morgan fingerprint density at radius 1 is 1.00 bits per heavy atom. The molecule has 0 radical (unpaired) electrons. The lowest BCUT2D eigenvalue weighted by Crippen LogP contribution is -2.49. The summed E-state index contributed by atoms with van der Waals surface area (Å²) in [6.45, 7) is 4.36. The van der Waals surface area contributed by atoms with Gasteiger partial charge in [0.05, 0.1) is 12.0 Å². The molecule has 30 heavy (non-hydrogen) atoms. The number of anilines is 1. The van der Waals surface area contributed by atoms with Crippen LogP contribution in [0.15, 0.2) is 57.8 Å². The minimum absolute atomic E-state index is 0.160. The van der Waals surface area contributed by atoms with Gasteiger partial charge in [0, 0.05) is 38.4 Å². The number of aryl methyl sites for hydroxylation is 1. The highest BCUT2D eigenvalue weighted by Gasteiger charge is 2.26. The monoisotopic (exact) mass is 405 g/mol. The van der Waals surface area contributed by atoms with Gasteiger partial charge in [-0.3, -0.25) is 4.79 Å². The topological polar surface area (TPSA) is 106 Å². The van der Waals surface area contributed by atoms with E-state index in [1.54, 1.807) is 34.0 Å². The summed E-state index contributed by atoms with van der Waals surface area (Å²) in [6, 6.07) is 10.8. The average molecular weight is 405 g/mol. The van der Waals surface area contributed by atoms with E-state index < -0.39 is 0 Å². The van der Waals surface area contributed by atoms with Gasteiger partial charge in [0.1, 0.15) is 0 Å². The maximum Gasteiger partial charge on any atom is 0.276 e. The van der Waals surface area contributed by atoms with E-state index in [0.29, 0.717) is 43.5 Å². The summed E-state index contributed by atoms with van der Waals surface area (Å²) in [4.78, 5) is 16.6. The number of piperazine rings is 1. The van der Waals surface area contributed by atoms with Gasteiger partial charge in [-0.2, -0.15) is 5.10 Å². The molecule has 4 aromatic heterocycles. The lowest BCUT2D eigenvalue weighted by atomic mass is 10.2.